The number of halogens is 1. The normalized spacial score (nSPS) is 32.4. The molecule has 10 heteroatoms. The number of hydrogen-bond donors (Lipinski definition) is 2. The Kier molecular flexibility index (Phi) is 9.80. The summed E-state index contributed by atoms with van der Waals surface area (Å²) in [5.74, 6) is -0.353. The van der Waals surface area contributed by atoms with Crippen LogP contribution in [0.3, 0.4) is 0 Å². The van der Waals surface area contributed by atoms with E-state index >= 15 is 0 Å². The average molecular weight is 733 g/mol. The number of benzene rings is 3. The molecule has 7 rings (SSSR count). The van der Waals surface area contributed by atoms with Gasteiger partial charge in [0.1, 0.15) is 11.4 Å². The molecule has 3 aromatic rings. The Morgan fingerprint density at radius 1 is 1.08 bits per heavy atom. The maximum atomic E-state index is 14.1. The van der Waals surface area contributed by atoms with Crippen LogP contribution in [-0.4, -0.2) is 63.7 Å². The molecule has 2 aliphatic carbocycles. The monoisotopic (exact) mass is 732 g/mol. The minimum atomic E-state index is -4.12. The van der Waals surface area contributed by atoms with Crippen molar-refractivity contribution in [3.8, 4) is 5.75 Å². The van der Waals surface area contributed by atoms with E-state index in [1.54, 1.807) is 25.3 Å². The van der Waals surface area contributed by atoms with Gasteiger partial charge in [0.25, 0.3) is 5.91 Å². The van der Waals surface area contributed by atoms with Crippen molar-refractivity contribution in [2.45, 2.75) is 75.1 Å². The standard InChI is InChI=1S/C41H49ClN2O6S/c1-28-9-7-19-41(26-45,49-3)37-17-20-39(37,2)24-44-25-40(18-8-12-30-22-32(42)14-15-33(30)40)27-50-35-16-13-31(23-34(35)44)38(46)43-51(47,48)36(28)21-29-10-5-4-6-11-29/h4-7,10-11,13-16,19,22-23,28,36-37,45H,8-9,12,17-18,20-21,24-27H2,1-3H3,(H,43,46)/b19-7+/t28-,36-,37+,39?,40-,41-/m0/s1. The molecule has 51 heavy (non-hydrogen) atoms. The Hall–Kier alpha value is -3.37. The summed E-state index contributed by atoms with van der Waals surface area (Å²) in [4.78, 5) is 16.3. The van der Waals surface area contributed by atoms with Crippen molar-refractivity contribution in [3.05, 3.63) is 106 Å². The molecule has 2 aliphatic heterocycles. The van der Waals surface area contributed by atoms with E-state index < -0.39 is 26.8 Å². The highest BCUT2D eigenvalue weighted by atomic mass is 35.5. The lowest BCUT2D eigenvalue weighted by atomic mass is 9.54. The number of anilines is 1. The molecule has 1 fully saturated rings. The Labute approximate surface area is 307 Å². The summed E-state index contributed by atoms with van der Waals surface area (Å²) >= 11 is 6.47. The zero-order valence-electron chi connectivity index (χ0n) is 29.7. The lowest BCUT2D eigenvalue weighted by Crippen LogP contribution is -2.59. The summed E-state index contributed by atoms with van der Waals surface area (Å²) in [7, 11) is -2.47. The summed E-state index contributed by atoms with van der Waals surface area (Å²) in [6, 6.07) is 20.9. The van der Waals surface area contributed by atoms with Gasteiger partial charge < -0.3 is 19.5 Å². The van der Waals surface area contributed by atoms with Crippen LogP contribution in [0.1, 0.15) is 73.0 Å². The van der Waals surface area contributed by atoms with Crippen LogP contribution in [0.15, 0.2) is 78.9 Å². The molecule has 1 spiro atoms. The predicted octanol–water partition coefficient (Wildman–Crippen LogP) is 6.87. The number of aliphatic hydroxyl groups is 1. The van der Waals surface area contributed by atoms with E-state index in [2.05, 4.69) is 28.7 Å². The predicted molar refractivity (Wildman–Crippen MR) is 201 cm³/mol. The molecule has 1 amide bonds. The molecule has 2 heterocycles. The van der Waals surface area contributed by atoms with Crippen molar-refractivity contribution in [3.63, 3.8) is 0 Å². The minimum Gasteiger partial charge on any atom is -0.490 e. The third-order valence-electron chi connectivity index (χ3n) is 12.4. The number of hydrogen-bond acceptors (Lipinski definition) is 7. The van der Waals surface area contributed by atoms with Gasteiger partial charge in [0.2, 0.25) is 10.0 Å². The molecule has 6 atom stereocenters. The topological polar surface area (TPSA) is 105 Å². The molecule has 1 unspecified atom stereocenters. The van der Waals surface area contributed by atoms with Crippen molar-refractivity contribution in [2.75, 3.05) is 38.3 Å². The van der Waals surface area contributed by atoms with E-state index in [9.17, 15) is 18.3 Å². The fourth-order valence-corrected chi connectivity index (χ4v) is 11.2. The number of aryl methyl sites for hydroxylation is 1. The van der Waals surface area contributed by atoms with E-state index in [1.165, 1.54) is 11.1 Å². The van der Waals surface area contributed by atoms with E-state index in [-0.39, 0.29) is 41.3 Å². The molecule has 2 bridgehead atoms. The second kappa shape index (κ2) is 13.9. The Balaban J connectivity index is 1.34. The van der Waals surface area contributed by atoms with Gasteiger partial charge in [-0.1, -0.05) is 74.0 Å². The van der Waals surface area contributed by atoms with Gasteiger partial charge in [-0.3, -0.25) is 4.79 Å². The van der Waals surface area contributed by atoms with Crippen LogP contribution in [0, 0.1) is 17.3 Å². The maximum Gasteiger partial charge on any atom is 0.264 e. The molecule has 0 radical (unpaired) electrons. The van der Waals surface area contributed by atoms with Gasteiger partial charge in [0.15, 0.2) is 0 Å². The number of fused-ring (bicyclic) bond motifs is 4. The van der Waals surface area contributed by atoms with E-state index in [0.717, 1.165) is 48.4 Å². The number of carbonyl (C=O) groups excluding carboxylic acids is 1. The SMILES string of the molecule is CO[C@]1(CO)/C=C/C[C@H](C)[C@H](Cc2ccccc2)S(=O)(=O)NC(=O)c2ccc3c(c2)N(CC2(C)CC[C@H]21)C[C@@]1(CCCc2cc(Cl)ccc21)CO3. The number of nitrogens with one attached hydrogen (secondary N) is 1. The number of methoxy groups -OCH3 is 1. The van der Waals surface area contributed by atoms with Crippen molar-refractivity contribution in [1.29, 1.82) is 0 Å². The average Bonchev–Trinajstić information content (AvgIpc) is 3.25. The highest BCUT2D eigenvalue weighted by Gasteiger charge is 2.55. The van der Waals surface area contributed by atoms with Crippen molar-refractivity contribution in [2.24, 2.45) is 17.3 Å². The van der Waals surface area contributed by atoms with Gasteiger partial charge in [0, 0.05) is 42.1 Å². The number of allylic oxidation sites excluding steroid dienone is 1. The van der Waals surface area contributed by atoms with Crippen LogP contribution >= 0.6 is 11.6 Å². The third kappa shape index (κ3) is 6.71. The largest absolute Gasteiger partial charge is 0.490 e. The van der Waals surface area contributed by atoms with Crippen LogP contribution < -0.4 is 14.4 Å². The first-order chi connectivity index (χ1) is 24.4. The lowest BCUT2D eigenvalue weighted by molar-refractivity contribution is -0.136. The molecular formula is C41H49ClN2O6S. The highest BCUT2D eigenvalue weighted by molar-refractivity contribution is 7.90. The smallest absolute Gasteiger partial charge is 0.264 e. The number of sulfonamides is 1. The molecule has 2 N–H and O–H groups in total. The Bertz CT molecular complexity index is 1910. The van der Waals surface area contributed by atoms with Crippen LogP contribution in [0.4, 0.5) is 5.69 Å². The summed E-state index contributed by atoms with van der Waals surface area (Å²) in [6.45, 7) is 5.72. The summed E-state index contributed by atoms with van der Waals surface area (Å²) in [6.07, 6.45) is 9.29. The van der Waals surface area contributed by atoms with Crippen molar-refractivity contribution in [1.82, 2.24) is 4.72 Å². The number of rotatable bonds is 4. The third-order valence-corrected chi connectivity index (χ3v) is 14.5. The van der Waals surface area contributed by atoms with Crippen molar-refractivity contribution < 1.29 is 27.8 Å². The molecule has 272 valence electrons. The number of aliphatic hydroxyl groups excluding tert-OH is 1. The molecule has 3 aromatic carbocycles. The number of amides is 1. The summed E-state index contributed by atoms with van der Waals surface area (Å²) in [5, 5.41) is 10.8. The molecule has 0 saturated heterocycles. The van der Waals surface area contributed by atoms with Gasteiger partial charge >= 0.3 is 0 Å². The molecular weight excluding hydrogens is 684 g/mol. The number of nitrogens with zero attached hydrogens (tertiary/aromatic N) is 1. The first-order valence-electron chi connectivity index (χ1n) is 18.2. The van der Waals surface area contributed by atoms with Crippen LogP contribution in [0.2, 0.25) is 5.02 Å². The van der Waals surface area contributed by atoms with E-state index in [0.29, 0.717) is 31.9 Å². The number of ether oxygens (including phenoxy) is 2. The van der Waals surface area contributed by atoms with E-state index in [1.807, 2.05) is 55.5 Å². The van der Waals surface area contributed by atoms with Gasteiger partial charge in [0.05, 0.1) is 24.2 Å². The van der Waals surface area contributed by atoms with Crippen LogP contribution in [0.25, 0.3) is 0 Å². The fourth-order valence-electron chi connectivity index (χ4n) is 9.39. The van der Waals surface area contributed by atoms with Crippen LogP contribution in [-0.2, 0) is 33.0 Å². The first kappa shape index (κ1) is 36.0. The second-order valence-electron chi connectivity index (χ2n) is 15.6. The summed E-state index contributed by atoms with van der Waals surface area (Å²) < 4.78 is 43.6. The van der Waals surface area contributed by atoms with Crippen LogP contribution in [0.5, 0.6) is 5.75 Å². The Morgan fingerprint density at radius 3 is 2.61 bits per heavy atom. The maximum absolute atomic E-state index is 14.1. The lowest BCUT2D eigenvalue weighted by Gasteiger charge is -2.56. The first-order valence-corrected chi connectivity index (χ1v) is 20.1. The summed E-state index contributed by atoms with van der Waals surface area (Å²) in [5.41, 5.74) is 2.85. The van der Waals surface area contributed by atoms with Gasteiger partial charge in [-0.05, 0) is 103 Å². The quantitative estimate of drug-likeness (QED) is 0.282. The highest BCUT2D eigenvalue weighted by Crippen LogP contribution is 2.55. The second-order valence-corrected chi connectivity index (χ2v) is 18.0. The molecule has 0 aromatic heterocycles. The van der Waals surface area contributed by atoms with Crippen molar-refractivity contribution >= 4 is 33.2 Å². The zero-order valence-corrected chi connectivity index (χ0v) is 31.3. The molecule has 1 saturated carbocycles. The Morgan fingerprint density at radius 2 is 1.88 bits per heavy atom. The zero-order chi connectivity index (χ0) is 36.0. The minimum absolute atomic E-state index is 0.00388. The molecule has 8 nitrogen and oxygen atoms in total. The fraction of sp³-hybridized carbons (Fsp3) is 0.488. The van der Waals surface area contributed by atoms with E-state index in [4.69, 9.17) is 21.1 Å². The van der Waals surface area contributed by atoms with Gasteiger partial charge in [-0.15, -0.1) is 0 Å². The van der Waals surface area contributed by atoms with Gasteiger partial charge in [-0.25, -0.2) is 13.1 Å². The number of carbonyl (C=O) groups is 1. The van der Waals surface area contributed by atoms with Gasteiger partial charge in [-0.2, -0.15) is 0 Å². The molecule has 4 aliphatic rings.